The molecule has 10 rings (SSSR count). The molecule has 0 N–H and O–H groups in total. The van der Waals surface area contributed by atoms with Crippen molar-refractivity contribution in [3.63, 3.8) is 0 Å². The van der Waals surface area contributed by atoms with Crippen LogP contribution in [0.4, 0.5) is 22.7 Å². The third-order valence-corrected chi connectivity index (χ3v) is 11.0. The van der Waals surface area contributed by atoms with E-state index in [1.54, 1.807) is 11.8 Å². The molecule has 55 heavy (non-hydrogen) atoms. The minimum atomic E-state index is 0.271. The van der Waals surface area contributed by atoms with E-state index in [0.717, 1.165) is 54.9 Å². The van der Waals surface area contributed by atoms with E-state index in [1.807, 2.05) is 91.0 Å². The monoisotopic (exact) mass is 721 g/mol. The maximum absolute atomic E-state index is 10.8. The van der Waals surface area contributed by atoms with Gasteiger partial charge in [-0.1, -0.05) is 121 Å². The van der Waals surface area contributed by atoms with Crippen molar-refractivity contribution in [3.05, 3.63) is 181 Å². The molecule has 0 spiro atoms. The minimum Gasteiger partial charge on any atom is -0.310 e. The van der Waals surface area contributed by atoms with Crippen LogP contribution in [0.5, 0.6) is 0 Å². The van der Waals surface area contributed by atoms with E-state index in [9.17, 15) is 5.26 Å². The van der Waals surface area contributed by atoms with Crippen LogP contribution in [0.15, 0.2) is 174 Å². The van der Waals surface area contributed by atoms with Crippen LogP contribution in [0.1, 0.15) is 5.56 Å². The van der Waals surface area contributed by atoms with Crippen molar-refractivity contribution in [2.24, 2.45) is 0 Å². The topological polar surface area (TPSA) is 75.0 Å². The van der Waals surface area contributed by atoms with E-state index in [0.29, 0.717) is 28.5 Å². The zero-order valence-electron chi connectivity index (χ0n) is 29.1. The van der Waals surface area contributed by atoms with Crippen molar-refractivity contribution < 1.29 is 0 Å². The fraction of sp³-hybridized carbons (Fsp3) is 0. The summed E-state index contributed by atoms with van der Waals surface area (Å²) in [4.78, 5) is 23.2. The van der Waals surface area contributed by atoms with Gasteiger partial charge in [0.1, 0.15) is 0 Å². The van der Waals surface area contributed by atoms with Crippen LogP contribution in [0.2, 0.25) is 0 Å². The molecule has 0 saturated heterocycles. The largest absolute Gasteiger partial charge is 0.310 e. The van der Waals surface area contributed by atoms with Gasteiger partial charge in [0.15, 0.2) is 17.5 Å². The van der Waals surface area contributed by atoms with Crippen LogP contribution in [-0.4, -0.2) is 19.5 Å². The summed E-state index contributed by atoms with van der Waals surface area (Å²) >= 11 is 1.77. The van der Waals surface area contributed by atoms with Crippen molar-refractivity contribution in [1.82, 2.24) is 19.5 Å². The lowest BCUT2D eigenvalue weighted by atomic mass is 10.0. The van der Waals surface area contributed by atoms with Crippen molar-refractivity contribution >= 4 is 56.3 Å². The molecule has 8 heteroatoms. The molecule has 7 aromatic carbocycles. The van der Waals surface area contributed by atoms with Gasteiger partial charge >= 0.3 is 0 Å². The third-order valence-electron chi connectivity index (χ3n) is 9.86. The van der Waals surface area contributed by atoms with Crippen molar-refractivity contribution in [3.8, 4) is 45.9 Å². The Labute approximate surface area is 321 Å². The Morgan fingerprint density at radius 2 is 1.16 bits per heavy atom. The van der Waals surface area contributed by atoms with E-state index in [-0.39, 0.29) is 11.5 Å². The van der Waals surface area contributed by atoms with Crippen LogP contribution in [0.3, 0.4) is 0 Å². The zero-order chi connectivity index (χ0) is 36.9. The van der Waals surface area contributed by atoms with Crippen LogP contribution < -0.4 is 4.90 Å². The summed E-state index contributed by atoms with van der Waals surface area (Å²) in [6.45, 7) is 8.43. The standard InChI is InChI=1S/C47H27N7S/c1-49-37-26-34(25-32(29-48)44(37)47-51-45(30-15-5-2-6-16-30)50-46(52-47)31-17-7-3-8-18-31)54-38-22-12-11-21-35(38)36-27-43-41(28-40(36)54)53(33-19-9-4-10-20-33)39-23-13-14-24-42(39)55-43/h2-28H. The van der Waals surface area contributed by atoms with E-state index in [1.165, 1.54) is 4.90 Å². The highest BCUT2D eigenvalue weighted by atomic mass is 32.2. The maximum atomic E-state index is 10.8. The van der Waals surface area contributed by atoms with Crippen molar-refractivity contribution in [1.29, 1.82) is 5.26 Å². The van der Waals surface area contributed by atoms with Gasteiger partial charge in [0, 0.05) is 48.6 Å². The molecule has 0 unspecified atom stereocenters. The minimum absolute atomic E-state index is 0.271. The number of hydrogen-bond acceptors (Lipinski definition) is 6. The second-order valence-corrected chi connectivity index (χ2v) is 14.2. The van der Waals surface area contributed by atoms with E-state index in [4.69, 9.17) is 21.5 Å². The Hall–Kier alpha value is -7.52. The zero-order valence-corrected chi connectivity index (χ0v) is 29.9. The third kappa shape index (κ3) is 5.40. The lowest BCUT2D eigenvalue weighted by Gasteiger charge is -2.33. The molecule has 1 aliphatic heterocycles. The molecule has 3 heterocycles. The van der Waals surface area contributed by atoms with Gasteiger partial charge in [0.25, 0.3) is 0 Å². The maximum Gasteiger partial charge on any atom is 0.201 e. The number of anilines is 3. The molecule has 0 bridgehead atoms. The molecule has 2 aromatic heterocycles. The van der Waals surface area contributed by atoms with Crippen molar-refractivity contribution in [2.75, 3.05) is 4.90 Å². The average molecular weight is 722 g/mol. The Morgan fingerprint density at radius 1 is 0.545 bits per heavy atom. The van der Waals surface area contributed by atoms with Gasteiger partial charge in [0.05, 0.1) is 40.6 Å². The summed E-state index contributed by atoms with van der Waals surface area (Å²) in [5.41, 5.74) is 8.43. The molecule has 1 aliphatic rings. The van der Waals surface area contributed by atoms with Crippen LogP contribution in [-0.2, 0) is 0 Å². The van der Waals surface area contributed by atoms with Crippen LogP contribution in [0, 0.1) is 17.9 Å². The van der Waals surface area contributed by atoms with E-state index < -0.39 is 0 Å². The quantitative estimate of drug-likeness (QED) is 0.165. The highest BCUT2D eigenvalue weighted by molar-refractivity contribution is 7.99. The fourth-order valence-corrected chi connectivity index (χ4v) is 8.50. The predicted octanol–water partition coefficient (Wildman–Crippen LogP) is 12.3. The first kappa shape index (κ1) is 32.2. The summed E-state index contributed by atoms with van der Waals surface area (Å²) in [5, 5.41) is 13.0. The van der Waals surface area contributed by atoms with Gasteiger partial charge in [-0.3, -0.25) is 0 Å². The number of benzene rings is 7. The Kier molecular flexibility index (Phi) is 7.69. The number of fused-ring (bicyclic) bond motifs is 5. The van der Waals surface area contributed by atoms with Gasteiger partial charge in [0.2, 0.25) is 5.69 Å². The average Bonchev–Trinajstić information content (AvgIpc) is 3.58. The van der Waals surface area contributed by atoms with Crippen molar-refractivity contribution in [2.45, 2.75) is 9.79 Å². The molecule has 0 aliphatic carbocycles. The molecular weight excluding hydrogens is 695 g/mol. The summed E-state index contributed by atoms with van der Waals surface area (Å²) in [7, 11) is 0. The number of para-hydroxylation sites is 3. The van der Waals surface area contributed by atoms with Crippen LogP contribution >= 0.6 is 11.8 Å². The molecule has 7 nitrogen and oxygen atoms in total. The Morgan fingerprint density at radius 3 is 1.85 bits per heavy atom. The molecule has 0 radical (unpaired) electrons. The lowest BCUT2D eigenvalue weighted by Crippen LogP contribution is -2.14. The van der Waals surface area contributed by atoms with Gasteiger partial charge in [-0.2, -0.15) is 5.26 Å². The SMILES string of the molecule is [C-]#[N+]c1cc(-n2c3ccccc3c3cc4c(cc32)N(c2ccccc2)c2ccccc2S4)cc(C#N)c1-c1nc(-c2ccccc2)nc(-c2ccccc2)n1. The summed E-state index contributed by atoms with van der Waals surface area (Å²) in [6.07, 6.45) is 0. The fourth-order valence-electron chi connectivity index (χ4n) is 7.42. The van der Waals surface area contributed by atoms with Gasteiger partial charge in [-0.05, 0) is 54.6 Å². The first-order chi connectivity index (χ1) is 27.2. The number of nitrogens with zero attached hydrogens (tertiary/aromatic N) is 7. The highest BCUT2D eigenvalue weighted by Gasteiger charge is 2.28. The Bertz CT molecular complexity index is 2940. The molecule has 0 fully saturated rings. The first-order valence-corrected chi connectivity index (χ1v) is 18.5. The van der Waals surface area contributed by atoms with Crippen LogP contribution in [0.25, 0.3) is 66.5 Å². The molecule has 256 valence electrons. The number of nitriles is 1. The number of aromatic nitrogens is 4. The first-order valence-electron chi connectivity index (χ1n) is 17.7. The summed E-state index contributed by atoms with van der Waals surface area (Å²) in [6, 6.07) is 57.2. The molecule has 9 aromatic rings. The molecular formula is C47H27N7S. The summed E-state index contributed by atoms with van der Waals surface area (Å²) < 4.78 is 2.16. The van der Waals surface area contributed by atoms with Gasteiger partial charge in [-0.15, -0.1) is 0 Å². The van der Waals surface area contributed by atoms with Gasteiger partial charge < -0.3 is 9.47 Å². The van der Waals surface area contributed by atoms with Gasteiger partial charge in [-0.25, -0.2) is 19.8 Å². The smallest absolute Gasteiger partial charge is 0.201 e. The second-order valence-electron chi connectivity index (χ2n) is 13.1. The van der Waals surface area contributed by atoms with E-state index >= 15 is 0 Å². The second kappa shape index (κ2) is 13.2. The lowest BCUT2D eigenvalue weighted by molar-refractivity contribution is 1.07. The number of hydrogen-bond donors (Lipinski definition) is 0. The Balaban J connectivity index is 1.21. The summed E-state index contributed by atoms with van der Waals surface area (Å²) in [5.74, 6) is 1.19. The molecule has 0 amide bonds. The molecule has 0 saturated carbocycles. The highest BCUT2D eigenvalue weighted by Crippen LogP contribution is 2.53. The number of rotatable bonds is 5. The predicted molar refractivity (Wildman–Crippen MR) is 220 cm³/mol. The normalized spacial score (nSPS) is 11.9. The van der Waals surface area contributed by atoms with E-state index in [2.05, 4.69) is 93.2 Å². The molecule has 0 atom stereocenters.